The molecule has 2 rings (SSSR count). The van der Waals surface area contributed by atoms with Crippen LogP contribution in [0.15, 0.2) is 29.2 Å². The molecule has 9 nitrogen and oxygen atoms in total. The van der Waals surface area contributed by atoms with Crippen LogP contribution >= 0.6 is 0 Å². The lowest BCUT2D eigenvalue weighted by atomic mass is 10.1. The molecular weight excluding hydrogens is 403 g/mol. The molecule has 2 aromatic rings. The SMILES string of the molecule is COc1nc(C)nc(NC(=O)NS(=O)(=O)c2ccccc2CC(F)C(F)F)n1. The van der Waals surface area contributed by atoms with Crippen LogP contribution < -0.4 is 14.8 Å². The summed E-state index contributed by atoms with van der Waals surface area (Å²) < 4.78 is 69.6. The fourth-order valence-electron chi connectivity index (χ4n) is 2.14. The molecule has 0 aliphatic carbocycles. The zero-order chi connectivity index (χ0) is 20.9. The molecule has 0 aliphatic heterocycles. The van der Waals surface area contributed by atoms with Crippen molar-refractivity contribution in [2.24, 2.45) is 0 Å². The maximum atomic E-state index is 13.4. The highest BCUT2D eigenvalue weighted by Gasteiger charge is 2.26. The number of aromatic nitrogens is 3. The van der Waals surface area contributed by atoms with E-state index in [9.17, 15) is 26.4 Å². The molecule has 1 atom stereocenters. The zero-order valence-electron chi connectivity index (χ0n) is 14.7. The van der Waals surface area contributed by atoms with Gasteiger partial charge in [0, 0.05) is 6.42 Å². The average Bonchev–Trinajstić information content (AvgIpc) is 2.60. The molecule has 0 bridgehead atoms. The van der Waals surface area contributed by atoms with Crippen molar-refractivity contribution in [3.8, 4) is 6.01 Å². The second kappa shape index (κ2) is 8.82. The first-order valence-electron chi connectivity index (χ1n) is 7.73. The highest BCUT2D eigenvalue weighted by molar-refractivity contribution is 7.90. The Morgan fingerprint density at radius 1 is 1.18 bits per heavy atom. The predicted molar refractivity (Wildman–Crippen MR) is 91.5 cm³/mol. The second-order valence-corrected chi connectivity index (χ2v) is 7.07. The zero-order valence-corrected chi connectivity index (χ0v) is 15.5. The number of methoxy groups -OCH3 is 1. The lowest BCUT2D eigenvalue weighted by Crippen LogP contribution is -2.35. The van der Waals surface area contributed by atoms with Crippen molar-refractivity contribution in [2.45, 2.75) is 30.8 Å². The number of carbonyl (C=O) groups is 1. The van der Waals surface area contributed by atoms with Gasteiger partial charge in [-0.3, -0.25) is 5.32 Å². The van der Waals surface area contributed by atoms with Crippen molar-refractivity contribution >= 4 is 22.0 Å². The normalized spacial score (nSPS) is 12.5. The Balaban J connectivity index is 2.20. The van der Waals surface area contributed by atoms with Crippen LogP contribution in [0, 0.1) is 6.92 Å². The number of rotatable bonds is 7. The van der Waals surface area contributed by atoms with E-state index in [0.717, 1.165) is 6.07 Å². The Bertz CT molecular complexity index is 958. The molecule has 0 saturated carbocycles. The van der Waals surface area contributed by atoms with Gasteiger partial charge < -0.3 is 4.74 Å². The van der Waals surface area contributed by atoms with E-state index in [0.29, 0.717) is 0 Å². The first-order chi connectivity index (χ1) is 13.1. The van der Waals surface area contributed by atoms with Gasteiger partial charge in [0.05, 0.1) is 12.0 Å². The minimum absolute atomic E-state index is 0.100. The third-order valence-electron chi connectivity index (χ3n) is 3.31. The molecule has 2 amide bonds. The Morgan fingerprint density at radius 2 is 1.86 bits per heavy atom. The number of hydrogen-bond acceptors (Lipinski definition) is 7. The number of aryl methyl sites for hydroxylation is 1. The monoisotopic (exact) mass is 419 g/mol. The minimum Gasteiger partial charge on any atom is -0.467 e. The molecule has 0 radical (unpaired) electrons. The molecule has 1 aromatic heterocycles. The molecule has 1 aromatic carbocycles. The number of ether oxygens (including phenoxy) is 1. The summed E-state index contributed by atoms with van der Waals surface area (Å²) in [6.45, 7) is 1.50. The number of halogens is 3. The topological polar surface area (TPSA) is 123 Å². The fraction of sp³-hybridized carbons (Fsp3) is 0.333. The van der Waals surface area contributed by atoms with Gasteiger partial charge in [-0.15, -0.1) is 0 Å². The Hall–Kier alpha value is -2.96. The van der Waals surface area contributed by atoms with Crippen LogP contribution in [-0.2, 0) is 16.4 Å². The maximum absolute atomic E-state index is 13.4. The highest BCUT2D eigenvalue weighted by atomic mass is 32.2. The van der Waals surface area contributed by atoms with Crippen molar-refractivity contribution in [1.82, 2.24) is 19.7 Å². The average molecular weight is 419 g/mol. The second-order valence-electron chi connectivity index (χ2n) is 5.41. The molecular formula is C15H16F3N5O4S. The van der Waals surface area contributed by atoms with Crippen LogP contribution in [-0.4, -0.2) is 49.1 Å². The van der Waals surface area contributed by atoms with Crippen LogP contribution in [0.3, 0.4) is 0 Å². The minimum atomic E-state index is -4.48. The van der Waals surface area contributed by atoms with E-state index >= 15 is 0 Å². The van der Waals surface area contributed by atoms with E-state index in [-0.39, 0.29) is 23.3 Å². The maximum Gasteiger partial charge on any atom is 0.335 e. The van der Waals surface area contributed by atoms with E-state index < -0.39 is 40.0 Å². The van der Waals surface area contributed by atoms with Crippen LogP contribution in [0.5, 0.6) is 6.01 Å². The number of nitrogens with one attached hydrogen (secondary N) is 2. The number of urea groups is 1. The van der Waals surface area contributed by atoms with Gasteiger partial charge >= 0.3 is 12.0 Å². The van der Waals surface area contributed by atoms with Gasteiger partial charge in [0.1, 0.15) is 5.82 Å². The Kier molecular flexibility index (Phi) is 6.72. The summed E-state index contributed by atoms with van der Waals surface area (Å²) in [6.07, 6.45) is -6.65. The van der Waals surface area contributed by atoms with Gasteiger partial charge in [-0.1, -0.05) is 18.2 Å². The van der Waals surface area contributed by atoms with Gasteiger partial charge in [0.25, 0.3) is 16.4 Å². The summed E-state index contributed by atoms with van der Waals surface area (Å²) in [4.78, 5) is 22.8. The predicted octanol–water partition coefficient (Wildman–Crippen LogP) is 1.84. The molecule has 152 valence electrons. The van der Waals surface area contributed by atoms with E-state index in [1.807, 2.05) is 0 Å². The molecule has 13 heteroatoms. The molecule has 28 heavy (non-hydrogen) atoms. The van der Waals surface area contributed by atoms with Crippen LogP contribution in [0.4, 0.5) is 23.9 Å². The van der Waals surface area contributed by atoms with Crippen LogP contribution in [0.2, 0.25) is 0 Å². The van der Waals surface area contributed by atoms with Crippen LogP contribution in [0.25, 0.3) is 0 Å². The van der Waals surface area contributed by atoms with Gasteiger partial charge in [0.15, 0.2) is 6.17 Å². The van der Waals surface area contributed by atoms with Crippen molar-refractivity contribution in [2.75, 3.05) is 12.4 Å². The first-order valence-corrected chi connectivity index (χ1v) is 9.21. The van der Waals surface area contributed by atoms with Crippen LogP contribution in [0.1, 0.15) is 11.4 Å². The number of amides is 2. The lowest BCUT2D eigenvalue weighted by molar-refractivity contribution is 0.0500. The molecule has 0 aliphatic rings. The smallest absolute Gasteiger partial charge is 0.335 e. The number of benzene rings is 1. The van der Waals surface area contributed by atoms with Crippen molar-refractivity contribution < 1.29 is 31.1 Å². The van der Waals surface area contributed by atoms with E-state index in [4.69, 9.17) is 4.74 Å². The number of nitrogens with zero attached hydrogens (tertiary/aromatic N) is 3. The number of carbonyl (C=O) groups excluding carboxylic acids is 1. The van der Waals surface area contributed by atoms with Gasteiger partial charge in [-0.05, 0) is 18.6 Å². The number of alkyl halides is 3. The molecule has 1 heterocycles. The van der Waals surface area contributed by atoms with Gasteiger partial charge in [0.2, 0.25) is 5.95 Å². The summed E-state index contributed by atoms with van der Waals surface area (Å²) >= 11 is 0. The first kappa shape index (κ1) is 21.3. The summed E-state index contributed by atoms with van der Waals surface area (Å²) in [5.41, 5.74) is -0.201. The third-order valence-corrected chi connectivity index (χ3v) is 4.74. The van der Waals surface area contributed by atoms with Crippen molar-refractivity contribution in [3.63, 3.8) is 0 Å². The number of anilines is 1. The number of sulfonamides is 1. The Labute approximate surface area is 158 Å². The fourth-order valence-corrected chi connectivity index (χ4v) is 3.30. The van der Waals surface area contributed by atoms with Crippen molar-refractivity contribution in [3.05, 3.63) is 35.7 Å². The third kappa shape index (κ3) is 5.52. The standard InChI is InChI=1S/C15H16F3N5O4S/c1-8-19-13(22-15(20-8)27-2)21-14(24)23-28(25,26)11-6-4-3-5-9(11)7-10(16)12(17)18/h3-6,10,12H,7H2,1-2H3,(H2,19,20,21,22,23,24). The van der Waals surface area contributed by atoms with E-state index in [1.165, 1.54) is 32.2 Å². The Morgan fingerprint density at radius 3 is 2.50 bits per heavy atom. The summed E-state index contributed by atoms with van der Waals surface area (Å²) in [5.74, 6) is -0.0665. The van der Waals surface area contributed by atoms with E-state index in [2.05, 4.69) is 20.3 Å². The quantitative estimate of drug-likeness (QED) is 0.702. The molecule has 0 fully saturated rings. The summed E-state index contributed by atoms with van der Waals surface area (Å²) in [6, 6.07) is 3.61. The molecule has 1 unspecified atom stereocenters. The lowest BCUT2D eigenvalue weighted by Gasteiger charge is -2.13. The number of hydrogen-bond donors (Lipinski definition) is 2. The van der Waals surface area contributed by atoms with E-state index in [1.54, 1.807) is 4.72 Å². The summed E-state index contributed by atoms with van der Waals surface area (Å²) in [7, 11) is -3.19. The largest absolute Gasteiger partial charge is 0.467 e. The molecule has 2 N–H and O–H groups in total. The highest BCUT2D eigenvalue weighted by Crippen LogP contribution is 2.20. The van der Waals surface area contributed by atoms with Gasteiger partial charge in [-0.2, -0.15) is 15.0 Å². The van der Waals surface area contributed by atoms with Crippen molar-refractivity contribution in [1.29, 1.82) is 0 Å². The van der Waals surface area contributed by atoms with Gasteiger partial charge in [-0.25, -0.2) is 31.1 Å². The molecule has 0 saturated heterocycles. The summed E-state index contributed by atoms with van der Waals surface area (Å²) in [5, 5.41) is 2.10. The molecule has 0 spiro atoms.